The van der Waals surface area contributed by atoms with Crippen LogP contribution in [0.2, 0.25) is 0 Å². The van der Waals surface area contributed by atoms with Gasteiger partial charge in [0.15, 0.2) is 5.03 Å². The maximum atomic E-state index is 13.7. The third kappa shape index (κ3) is 3.94. The summed E-state index contributed by atoms with van der Waals surface area (Å²) < 4.78 is 106. The number of alkyl halides is 6. The van der Waals surface area contributed by atoms with E-state index in [9.17, 15) is 34.8 Å². The van der Waals surface area contributed by atoms with Crippen LogP contribution in [0.3, 0.4) is 0 Å². The van der Waals surface area contributed by atoms with Crippen molar-refractivity contribution in [1.29, 1.82) is 0 Å². The van der Waals surface area contributed by atoms with Crippen LogP contribution in [0.5, 0.6) is 0 Å². The quantitative estimate of drug-likeness (QED) is 0.573. The van der Waals surface area contributed by atoms with Crippen molar-refractivity contribution in [2.75, 3.05) is 7.05 Å². The summed E-state index contributed by atoms with van der Waals surface area (Å²) in [4.78, 5) is 3.85. The smallest absolute Gasteiger partial charge is 0.289 e. The highest BCUT2D eigenvalue weighted by molar-refractivity contribution is 7.89. The monoisotopic (exact) mass is 437 g/mol. The molecule has 0 N–H and O–H groups in total. The molecule has 0 saturated carbocycles. The number of hydrogen-bond donors (Lipinski definition) is 0. The highest BCUT2D eigenvalue weighted by Crippen LogP contribution is 2.40. The molecule has 3 rings (SSSR count). The number of nitrogens with zero attached hydrogens (tertiary/aromatic N) is 3. The van der Waals surface area contributed by atoms with E-state index in [4.69, 9.17) is 0 Å². The minimum Gasteiger partial charge on any atom is -0.289 e. The molecule has 2 heterocycles. The van der Waals surface area contributed by atoms with E-state index in [1.165, 1.54) is 18.3 Å². The van der Waals surface area contributed by atoms with Gasteiger partial charge in [-0.2, -0.15) is 30.6 Å². The Labute approximate surface area is 161 Å². The van der Waals surface area contributed by atoms with Gasteiger partial charge in [-0.3, -0.25) is 4.40 Å². The first-order valence-corrected chi connectivity index (χ1v) is 9.41. The minimum absolute atomic E-state index is 0.0754. The zero-order valence-corrected chi connectivity index (χ0v) is 15.4. The van der Waals surface area contributed by atoms with E-state index >= 15 is 0 Å². The lowest BCUT2D eigenvalue weighted by Gasteiger charge is -2.29. The second-order valence-corrected chi connectivity index (χ2v) is 8.05. The summed E-state index contributed by atoms with van der Waals surface area (Å²) in [6, 6.07) is 4.00. The molecular formula is C17H13F6N3O2S. The molecule has 12 heteroatoms. The van der Waals surface area contributed by atoms with E-state index in [0.29, 0.717) is 31.3 Å². The van der Waals surface area contributed by atoms with Crippen LogP contribution in [-0.2, 0) is 16.2 Å². The molecule has 3 aromatic rings. The van der Waals surface area contributed by atoms with Gasteiger partial charge >= 0.3 is 12.4 Å². The van der Waals surface area contributed by atoms with Gasteiger partial charge in [-0.15, -0.1) is 0 Å². The predicted octanol–water partition coefficient (Wildman–Crippen LogP) is 4.28. The van der Waals surface area contributed by atoms with Gasteiger partial charge in [0.05, 0.1) is 11.8 Å². The van der Waals surface area contributed by atoms with E-state index in [-0.39, 0.29) is 9.95 Å². The largest absolute Gasteiger partial charge is 0.416 e. The van der Waals surface area contributed by atoms with E-state index in [2.05, 4.69) is 4.98 Å². The molecule has 0 saturated heterocycles. The van der Waals surface area contributed by atoms with Crippen molar-refractivity contribution in [2.45, 2.75) is 23.4 Å². The molecule has 0 aliphatic rings. The molecule has 0 amide bonds. The summed E-state index contributed by atoms with van der Waals surface area (Å²) >= 11 is 0. The number of sulfonamides is 1. The van der Waals surface area contributed by atoms with Gasteiger partial charge in [0.25, 0.3) is 10.0 Å². The molecule has 0 radical (unpaired) electrons. The van der Waals surface area contributed by atoms with Crippen molar-refractivity contribution < 1.29 is 34.8 Å². The third-order valence-corrected chi connectivity index (χ3v) is 6.05. The molecule has 1 atom stereocenters. The summed E-state index contributed by atoms with van der Waals surface area (Å²) in [5.74, 6) is 0. The van der Waals surface area contributed by atoms with Gasteiger partial charge in [0.2, 0.25) is 0 Å². The van der Waals surface area contributed by atoms with Crippen LogP contribution in [0.4, 0.5) is 26.3 Å². The van der Waals surface area contributed by atoms with Crippen LogP contribution < -0.4 is 0 Å². The Hall–Kier alpha value is -2.60. The Morgan fingerprint density at radius 3 is 2.17 bits per heavy atom. The van der Waals surface area contributed by atoms with E-state index < -0.39 is 44.6 Å². The van der Waals surface area contributed by atoms with Gasteiger partial charge in [-0.25, -0.2) is 13.4 Å². The normalized spacial score (nSPS) is 14.5. The molecule has 0 spiro atoms. The zero-order valence-electron chi connectivity index (χ0n) is 14.6. The molecule has 1 aromatic carbocycles. The molecule has 29 heavy (non-hydrogen) atoms. The Kier molecular flexibility index (Phi) is 5.11. The molecule has 0 fully saturated rings. The second-order valence-electron chi connectivity index (χ2n) is 6.11. The highest BCUT2D eigenvalue weighted by Gasteiger charge is 2.48. The van der Waals surface area contributed by atoms with Crippen LogP contribution in [0.1, 0.15) is 17.2 Å². The van der Waals surface area contributed by atoms with Crippen LogP contribution in [0, 0.1) is 0 Å². The van der Waals surface area contributed by atoms with Crippen molar-refractivity contribution in [1.82, 2.24) is 13.7 Å². The van der Waals surface area contributed by atoms with Gasteiger partial charge in [0, 0.05) is 13.2 Å². The number of rotatable bonds is 4. The van der Waals surface area contributed by atoms with Gasteiger partial charge in [-0.1, -0.05) is 18.2 Å². The maximum Gasteiger partial charge on any atom is 0.416 e. The fourth-order valence-electron chi connectivity index (χ4n) is 2.85. The number of halogens is 6. The maximum absolute atomic E-state index is 13.7. The number of fused-ring (bicyclic) bond motifs is 1. The van der Waals surface area contributed by atoms with Gasteiger partial charge in [0.1, 0.15) is 11.7 Å². The number of imidazole rings is 1. The summed E-state index contributed by atoms with van der Waals surface area (Å²) in [6.45, 7) is 0. The topological polar surface area (TPSA) is 54.7 Å². The number of aromatic nitrogens is 2. The number of pyridine rings is 1. The zero-order chi connectivity index (χ0) is 21.6. The minimum atomic E-state index is -5.08. The molecule has 0 bridgehead atoms. The fourth-order valence-corrected chi connectivity index (χ4v) is 4.25. The second kappa shape index (κ2) is 7.02. The van der Waals surface area contributed by atoms with Crippen LogP contribution >= 0.6 is 0 Å². The molecular weight excluding hydrogens is 424 g/mol. The van der Waals surface area contributed by atoms with Crippen LogP contribution in [0.25, 0.3) is 5.65 Å². The van der Waals surface area contributed by atoms with Crippen molar-refractivity contribution in [3.05, 3.63) is 66.0 Å². The Morgan fingerprint density at radius 2 is 1.62 bits per heavy atom. The van der Waals surface area contributed by atoms with Crippen LogP contribution in [-0.4, -0.2) is 35.3 Å². The number of benzene rings is 1. The van der Waals surface area contributed by atoms with Crippen LogP contribution in [0.15, 0.2) is 59.9 Å². The lowest BCUT2D eigenvalue weighted by atomic mass is 10.0. The molecule has 0 aliphatic heterocycles. The summed E-state index contributed by atoms with van der Waals surface area (Å²) in [5, 5.41) is -0.503. The van der Waals surface area contributed by atoms with Crippen molar-refractivity contribution >= 4 is 15.7 Å². The lowest BCUT2D eigenvalue weighted by molar-refractivity contribution is -0.171. The Bertz CT molecular complexity index is 1120. The first-order chi connectivity index (χ1) is 13.3. The van der Waals surface area contributed by atoms with E-state index in [1.807, 2.05) is 0 Å². The van der Waals surface area contributed by atoms with Crippen molar-refractivity contribution in [3.63, 3.8) is 0 Å². The molecule has 5 nitrogen and oxygen atoms in total. The van der Waals surface area contributed by atoms with Gasteiger partial charge < -0.3 is 0 Å². The van der Waals surface area contributed by atoms with E-state index in [1.54, 1.807) is 6.07 Å². The summed E-state index contributed by atoms with van der Waals surface area (Å²) in [7, 11) is -3.98. The average molecular weight is 437 g/mol. The molecule has 156 valence electrons. The van der Waals surface area contributed by atoms with Gasteiger partial charge in [-0.05, 0) is 29.8 Å². The summed E-state index contributed by atoms with van der Waals surface area (Å²) in [5.41, 5.74) is -1.59. The lowest BCUT2D eigenvalue weighted by Crippen LogP contribution is -2.40. The molecule has 2 aromatic heterocycles. The van der Waals surface area contributed by atoms with E-state index in [0.717, 1.165) is 10.6 Å². The molecule has 0 unspecified atom stereocenters. The first-order valence-electron chi connectivity index (χ1n) is 7.97. The molecule has 0 aliphatic carbocycles. The van der Waals surface area contributed by atoms with Crippen molar-refractivity contribution in [2.24, 2.45) is 0 Å². The predicted molar refractivity (Wildman–Crippen MR) is 90.4 cm³/mol. The highest BCUT2D eigenvalue weighted by atomic mass is 32.2. The SMILES string of the molecule is CN([C@H](c1ccc(C(F)(F)F)cc1)C(F)(F)F)S(=O)(=O)c1cnc2ccccn12. The summed E-state index contributed by atoms with van der Waals surface area (Å²) in [6.07, 6.45) is -7.58. The van der Waals surface area contributed by atoms with Crippen molar-refractivity contribution in [3.8, 4) is 0 Å². The Morgan fingerprint density at radius 1 is 1.00 bits per heavy atom. The fraction of sp³-hybridized carbons (Fsp3) is 0.235. The average Bonchev–Trinajstić information content (AvgIpc) is 3.05. The third-order valence-electron chi connectivity index (χ3n) is 4.25. The Balaban J connectivity index is 2.07. The number of hydrogen-bond acceptors (Lipinski definition) is 3. The standard InChI is InChI=1S/C17H13F6N3O2S/c1-25(29(27,28)14-10-24-13-4-2-3-9-26(13)14)15(17(21,22)23)11-5-7-12(8-6-11)16(18,19)20/h2-10,15H,1H3/t15-/m1/s1. The first kappa shape index (κ1) is 21.1.